The van der Waals surface area contributed by atoms with E-state index in [-0.39, 0.29) is 18.1 Å². The van der Waals surface area contributed by atoms with E-state index in [1.807, 2.05) is 0 Å². The number of methoxy groups -OCH3 is 1. The molecule has 2 aliphatic rings. The summed E-state index contributed by atoms with van der Waals surface area (Å²) in [4.78, 5) is 11.4. The van der Waals surface area contributed by atoms with Crippen LogP contribution < -0.4 is 5.32 Å². The molecule has 2 fully saturated rings. The van der Waals surface area contributed by atoms with Crippen LogP contribution >= 0.6 is 0 Å². The lowest BCUT2D eigenvalue weighted by atomic mass is 9.97. The fraction of sp³-hybridized carbons (Fsp3) is 0.889. The molecule has 92 valence electrons. The molecule has 0 aromatic rings. The highest BCUT2D eigenvalue weighted by atomic mass is 32.2. The normalized spacial score (nSPS) is 37.4. The quantitative estimate of drug-likeness (QED) is 0.582. The molecule has 2 saturated heterocycles. The van der Waals surface area contributed by atoms with Gasteiger partial charge in [0, 0.05) is 0 Å². The standard InChI is InChI=1S/C9H15NO5S/c1-14-8(11)7-4-15-5-9(10-7)2-3-16(12,13)6-9/h7,10H,2-6H2,1H3. The number of esters is 1. The number of nitrogens with one attached hydrogen (secondary N) is 1. The summed E-state index contributed by atoms with van der Waals surface area (Å²) in [6.45, 7) is 0.564. The second-order valence-electron chi connectivity index (χ2n) is 4.36. The van der Waals surface area contributed by atoms with Gasteiger partial charge in [-0.25, -0.2) is 8.42 Å². The summed E-state index contributed by atoms with van der Waals surface area (Å²) in [6.07, 6.45) is 0.489. The van der Waals surface area contributed by atoms with Crippen molar-refractivity contribution in [2.45, 2.75) is 18.0 Å². The van der Waals surface area contributed by atoms with Crippen LogP contribution in [-0.2, 0) is 24.1 Å². The van der Waals surface area contributed by atoms with E-state index in [1.165, 1.54) is 7.11 Å². The lowest BCUT2D eigenvalue weighted by molar-refractivity contribution is -0.148. The molecule has 1 spiro atoms. The third-order valence-corrected chi connectivity index (χ3v) is 4.84. The minimum Gasteiger partial charge on any atom is -0.468 e. The van der Waals surface area contributed by atoms with Gasteiger partial charge in [-0.2, -0.15) is 0 Å². The molecule has 2 atom stereocenters. The minimum atomic E-state index is -3.00. The molecule has 16 heavy (non-hydrogen) atoms. The molecule has 0 aliphatic carbocycles. The van der Waals surface area contributed by atoms with Crippen molar-refractivity contribution in [3.05, 3.63) is 0 Å². The van der Waals surface area contributed by atoms with Crippen LogP contribution in [0.4, 0.5) is 0 Å². The predicted octanol–water partition coefficient (Wildman–Crippen LogP) is -1.29. The van der Waals surface area contributed by atoms with Crippen LogP contribution in [0.5, 0.6) is 0 Å². The maximum absolute atomic E-state index is 11.4. The van der Waals surface area contributed by atoms with E-state index in [0.29, 0.717) is 13.0 Å². The smallest absolute Gasteiger partial charge is 0.325 e. The Kier molecular flexibility index (Phi) is 2.93. The van der Waals surface area contributed by atoms with Gasteiger partial charge in [0.2, 0.25) is 0 Å². The van der Waals surface area contributed by atoms with Gasteiger partial charge in [0.05, 0.1) is 37.4 Å². The Balaban J connectivity index is 2.10. The summed E-state index contributed by atoms with van der Waals surface area (Å²) in [7, 11) is -1.70. The number of hydrogen-bond donors (Lipinski definition) is 1. The molecule has 6 nitrogen and oxygen atoms in total. The van der Waals surface area contributed by atoms with Crippen molar-refractivity contribution in [2.75, 3.05) is 31.8 Å². The zero-order valence-corrected chi connectivity index (χ0v) is 9.88. The lowest BCUT2D eigenvalue weighted by Gasteiger charge is -2.37. The van der Waals surface area contributed by atoms with Crippen molar-refractivity contribution in [1.82, 2.24) is 5.32 Å². The average molecular weight is 249 g/mol. The van der Waals surface area contributed by atoms with E-state index in [9.17, 15) is 13.2 Å². The van der Waals surface area contributed by atoms with Crippen LogP contribution in [0.2, 0.25) is 0 Å². The van der Waals surface area contributed by atoms with Crippen molar-refractivity contribution >= 4 is 15.8 Å². The van der Waals surface area contributed by atoms with E-state index in [1.54, 1.807) is 0 Å². The molecule has 0 saturated carbocycles. The first-order chi connectivity index (χ1) is 7.46. The Morgan fingerprint density at radius 3 is 2.88 bits per heavy atom. The SMILES string of the molecule is COC(=O)C1COCC2(CCS(=O)(=O)C2)N1. The molecule has 2 rings (SSSR count). The number of morpholine rings is 1. The molecule has 0 amide bonds. The van der Waals surface area contributed by atoms with Gasteiger partial charge in [-0.15, -0.1) is 0 Å². The molecule has 0 bridgehead atoms. The number of rotatable bonds is 1. The molecule has 0 aromatic carbocycles. The summed E-state index contributed by atoms with van der Waals surface area (Å²) < 4.78 is 32.8. The molecular weight excluding hydrogens is 234 g/mol. The summed E-state index contributed by atoms with van der Waals surface area (Å²) >= 11 is 0. The fourth-order valence-electron chi connectivity index (χ4n) is 2.24. The van der Waals surface area contributed by atoms with Crippen LogP contribution in [0.3, 0.4) is 0 Å². The van der Waals surface area contributed by atoms with Crippen LogP contribution in [-0.4, -0.2) is 57.8 Å². The van der Waals surface area contributed by atoms with Gasteiger partial charge in [0.15, 0.2) is 9.84 Å². The van der Waals surface area contributed by atoms with Crippen LogP contribution in [0.25, 0.3) is 0 Å². The number of sulfone groups is 1. The van der Waals surface area contributed by atoms with Crippen LogP contribution in [0.1, 0.15) is 6.42 Å². The highest BCUT2D eigenvalue weighted by Gasteiger charge is 2.47. The van der Waals surface area contributed by atoms with Gasteiger partial charge in [-0.3, -0.25) is 10.1 Å². The van der Waals surface area contributed by atoms with Crippen molar-refractivity contribution < 1.29 is 22.7 Å². The van der Waals surface area contributed by atoms with E-state index in [4.69, 9.17) is 4.74 Å². The first-order valence-electron chi connectivity index (χ1n) is 5.10. The van der Waals surface area contributed by atoms with E-state index >= 15 is 0 Å². The molecule has 1 N–H and O–H groups in total. The largest absolute Gasteiger partial charge is 0.468 e. The Bertz CT molecular complexity index is 393. The summed E-state index contributed by atoms with van der Waals surface area (Å²) in [5.74, 6) is -0.228. The Hall–Kier alpha value is -0.660. The minimum absolute atomic E-state index is 0.0352. The summed E-state index contributed by atoms with van der Waals surface area (Å²) in [6, 6.07) is -0.563. The van der Waals surface area contributed by atoms with Crippen molar-refractivity contribution in [2.24, 2.45) is 0 Å². The average Bonchev–Trinajstić information content (AvgIpc) is 2.53. The Labute approximate surface area is 94.2 Å². The van der Waals surface area contributed by atoms with Crippen molar-refractivity contribution in [3.63, 3.8) is 0 Å². The lowest BCUT2D eigenvalue weighted by Crippen LogP contribution is -2.62. The number of hydrogen-bond acceptors (Lipinski definition) is 6. The summed E-state index contributed by atoms with van der Waals surface area (Å²) in [5, 5.41) is 3.06. The van der Waals surface area contributed by atoms with Gasteiger partial charge in [0.25, 0.3) is 0 Å². The monoisotopic (exact) mass is 249 g/mol. The fourth-order valence-corrected chi connectivity index (χ4v) is 4.24. The van der Waals surface area contributed by atoms with Crippen LogP contribution in [0, 0.1) is 0 Å². The first-order valence-corrected chi connectivity index (χ1v) is 6.92. The van der Waals surface area contributed by atoms with E-state index in [0.717, 1.165) is 0 Å². The third-order valence-electron chi connectivity index (χ3n) is 3.02. The predicted molar refractivity (Wildman–Crippen MR) is 55.8 cm³/mol. The molecule has 0 radical (unpaired) electrons. The number of ether oxygens (including phenoxy) is 2. The van der Waals surface area contributed by atoms with Crippen molar-refractivity contribution in [3.8, 4) is 0 Å². The van der Waals surface area contributed by atoms with E-state index in [2.05, 4.69) is 10.1 Å². The number of carbonyl (C=O) groups is 1. The van der Waals surface area contributed by atoms with E-state index < -0.39 is 27.4 Å². The van der Waals surface area contributed by atoms with Gasteiger partial charge in [-0.05, 0) is 6.42 Å². The first kappa shape index (κ1) is 11.8. The van der Waals surface area contributed by atoms with Gasteiger partial charge in [-0.1, -0.05) is 0 Å². The van der Waals surface area contributed by atoms with Gasteiger partial charge >= 0.3 is 5.97 Å². The van der Waals surface area contributed by atoms with Crippen LogP contribution in [0.15, 0.2) is 0 Å². The topological polar surface area (TPSA) is 81.7 Å². The third kappa shape index (κ3) is 2.21. The molecule has 0 aromatic heterocycles. The van der Waals surface area contributed by atoms with Gasteiger partial charge in [0.1, 0.15) is 6.04 Å². The van der Waals surface area contributed by atoms with Crippen molar-refractivity contribution in [1.29, 1.82) is 0 Å². The molecule has 2 aliphatic heterocycles. The molecular formula is C9H15NO5S. The second kappa shape index (κ2) is 3.97. The van der Waals surface area contributed by atoms with Gasteiger partial charge < -0.3 is 9.47 Å². The molecule has 7 heteroatoms. The zero-order valence-electron chi connectivity index (χ0n) is 9.06. The maximum Gasteiger partial charge on any atom is 0.325 e. The Morgan fingerprint density at radius 1 is 1.56 bits per heavy atom. The second-order valence-corrected chi connectivity index (χ2v) is 6.54. The summed E-state index contributed by atoms with van der Waals surface area (Å²) in [5.41, 5.74) is -0.601. The highest BCUT2D eigenvalue weighted by Crippen LogP contribution is 2.27. The Morgan fingerprint density at radius 2 is 2.31 bits per heavy atom. The molecule has 2 unspecified atom stereocenters. The maximum atomic E-state index is 11.4. The highest BCUT2D eigenvalue weighted by molar-refractivity contribution is 7.91. The molecule has 2 heterocycles. The number of carbonyl (C=O) groups excluding carboxylic acids is 1. The zero-order chi connectivity index (χ0) is 11.8.